The van der Waals surface area contributed by atoms with Gasteiger partial charge in [0.1, 0.15) is 6.10 Å². The van der Waals surface area contributed by atoms with Crippen LogP contribution in [0.5, 0.6) is 0 Å². The lowest BCUT2D eigenvalue weighted by molar-refractivity contribution is 0.136. The van der Waals surface area contributed by atoms with Gasteiger partial charge in [0.15, 0.2) is 0 Å². The van der Waals surface area contributed by atoms with Crippen LogP contribution in [0.25, 0.3) is 0 Å². The highest BCUT2D eigenvalue weighted by atomic mass is 127. The second-order valence-electron chi connectivity index (χ2n) is 3.45. The van der Waals surface area contributed by atoms with E-state index >= 15 is 0 Å². The zero-order valence-corrected chi connectivity index (χ0v) is 11.1. The number of pyridine rings is 1. The molecule has 0 aliphatic heterocycles. The second-order valence-corrected chi connectivity index (χ2v) is 4.70. The molecule has 0 aliphatic carbocycles. The van der Waals surface area contributed by atoms with E-state index in [0.717, 1.165) is 11.1 Å². The topological polar surface area (TPSA) is 22.1 Å². The zero-order valence-electron chi connectivity index (χ0n) is 8.93. The highest BCUT2D eigenvalue weighted by Crippen LogP contribution is 2.24. The minimum atomic E-state index is -0.0364. The fraction of sp³-hybridized carbons (Fsp3) is 0.154. The zero-order chi connectivity index (χ0) is 11.4. The molecule has 2 aromatic rings. The van der Waals surface area contributed by atoms with Crippen LogP contribution in [0.15, 0.2) is 48.8 Å². The molecule has 0 saturated carbocycles. The lowest BCUT2D eigenvalue weighted by Gasteiger charge is -2.15. The third-order valence-corrected chi connectivity index (χ3v) is 3.11. The molecule has 0 N–H and O–H groups in total. The predicted octanol–water partition coefficient (Wildman–Crippen LogP) is 3.42. The average molecular weight is 325 g/mol. The fourth-order valence-electron chi connectivity index (χ4n) is 1.63. The van der Waals surface area contributed by atoms with Crippen molar-refractivity contribution >= 4 is 22.6 Å². The minimum absolute atomic E-state index is 0.0364. The van der Waals surface area contributed by atoms with Gasteiger partial charge in [-0.1, -0.05) is 18.2 Å². The van der Waals surface area contributed by atoms with E-state index in [0.29, 0.717) is 0 Å². The molecule has 82 valence electrons. The summed E-state index contributed by atoms with van der Waals surface area (Å²) in [6, 6.07) is 12.3. The van der Waals surface area contributed by atoms with E-state index < -0.39 is 0 Å². The number of methoxy groups -OCH3 is 1. The SMILES string of the molecule is COC(c1ccc(I)cc1)c1cccnc1. The highest BCUT2D eigenvalue weighted by molar-refractivity contribution is 14.1. The van der Waals surface area contributed by atoms with Crippen molar-refractivity contribution in [3.8, 4) is 0 Å². The number of benzene rings is 1. The summed E-state index contributed by atoms with van der Waals surface area (Å²) in [7, 11) is 1.72. The number of hydrogen-bond acceptors (Lipinski definition) is 2. The maximum Gasteiger partial charge on any atom is 0.109 e. The number of aromatic nitrogens is 1. The van der Waals surface area contributed by atoms with Gasteiger partial charge in [0.2, 0.25) is 0 Å². The summed E-state index contributed by atoms with van der Waals surface area (Å²) in [5.41, 5.74) is 2.22. The normalized spacial score (nSPS) is 12.4. The van der Waals surface area contributed by atoms with Gasteiger partial charge in [0.05, 0.1) is 0 Å². The first kappa shape index (κ1) is 11.5. The molecule has 16 heavy (non-hydrogen) atoms. The molecular formula is C13H12INO. The van der Waals surface area contributed by atoms with Crippen LogP contribution in [0.3, 0.4) is 0 Å². The second kappa shape index (κ2) is 5.41. The first-order chi connectivity index (χ1) is 7.81. The number of rotatable bonds is 3. The molecule has 0 saturated heterocycles. The highest BCUT2D eigenvalue weighted by Gasteiger charge is 2.12. The Bertz CT molecular complexity index is 441. The number of halogens is 1. The van der Waals surface area contributed by atoms with Crippen LogP contribution in [0.1, 0.15) is 17.2 Å². The van der Waals surface area contributed by atoms with E-state index in [1.807, 2.05) is 18.3 Å². The van der Waals surface area contributed by atoms with Gasteiger partial charge in [-0.2, -0.15) is 0 Å². The third kappa shape index (κ3) is 2.59. The molecule has 1 aromatic heterocycles. The van der Waals surface area contributed by atoms with Crippen LogP contribution in [-0.4, -0.2) is 12.1 Å². The molecule has 0 radical (unpaired) electrons. The van der Waals surface area contributed by atoms with Gasteiger partial charge in [-0.15, -0.1) is 0 Å². The first-order valence-electron chi connectivity index (χ1n) is 4.99. The third-order valence-electron chi connectivity index (χ3n) is 2.40. The molecule has 0 fully saturated rings. The summed E-state index contributed by atoms with van der Waals surface area (Å²) < 4.78 is 6.74. The molecule has 1 atom stereocenters. The Morgan fingerprint density at radius 2 is 1.88 bits per heavy atom. The Morgan fingerprint density at radius 3 is 2.44 bits per heavy atom. The van der Waals surface area contributed by atoms with Crippen LogP contribution >= 0.6 is 22.6 Å². The maximum absolute atomic E-state index is 5.52. The first-order valence-corrected chi connectivity index (χ1v) is 6.07. The van der Waals surface area contributed by atoms with Crippen LogP contribution < -0.4 is 0 Å². The summed E-state index contributed by atoms with van der Waals surface area (Å²) in [5, 5.41) is 0. The average Bonchev–Trinajstić information content (AvgIpc) is 2.34. The molecule has 0 amide bonds. The van der Waals surface area contributed by atoms with Crippen LogP contribution in [0.2, 0.25) is 0 Å². The van der Waals surface area contributed by atoms with Crippen LogP contribution in [0, 0.1) is 3.57 Å². The summed E-state index contributed by atoms with van der Waals surface area (Å²) in [6.07, 6.45) is 3.57. The van der Waals surface area contributed by atoms with Gasteiger partial charge in [-0.25, -0.2) is 0 Å². The minimum Gasteiger partial charge on any atom is -0.372 e. The van der Waals surface area contributed by atoms with E-state index in [4.69, 9.17) is 4.74 Å². The Balaban J connectivity index is 2.33. The Hall–Kier alpha value is -0.940. The van der Waals surface area contributed by atoms with Crippen molar-refractivity contribution < 1.29 is 4.74 Å². The lowest BCUT2D eigenvalue weighted by Crippen LogP contribution is -2.03. The van der Waals surface area contributed by atoms with Gasteiger partial charge in [-0.3, -0.25) is 4.98 Å². The maximum atomic E-state index is 5.52. The summed E-state index contributed by atoms with van der Waals surface area (Å²) in [6.45, 7) is 0. The van der Waals surface area contributed by atoms with Crippen molar-refractivity contribution in [2.75, 3.05) is 7.11 Å². The number of nitrogens with zero attached hydrogens (tertiary/aromatic N) is 1. The lowest BCUT2D eigenvalue weighted by atomic mass is 10.0. The smallest absolute Gasteiger partial charge is 0.109 e. The van der Waals surface area contributed by atoms with Gasteiger partial charge in [0.25, 0.3) is 0 Å². The van der Waals surface area contributed by atoms with Crippen molar-refractivity contribution in [3.05, 3.63) is 63.5 Å². The van der Waals surface area contributed by atoms with E-state index in [1.165, 1.54) is 3.57 Å². The molecule has 1 aromatic carbocycles. The van der Waals surface area contributed by atoms with E-state index in [-0.39, 0.29) is 6.10 Å². The van der Waals surface area contributed by atoms with E-state index in [9.17, 15) is 0 Å². The summed E-state index contributed by atoms with van der Waals surface area (Å²) in [4.78, 5) is 4.12. The Labute approximate surface area is 109 Å². The number of hydrogen-bond donors (Lipinski definition) is 0. The number of ether oxygens (including phenoxy) is 1. The standard InChI is InChI=1S/C13H12INO/c1-16-13(11-3-2-8-15-9-11)10-4-6-12(14)7-5-10/h2-9,13H,1H3. The Morgan fingerprint density at radius 1 is 1.12 bits per heavy atom. The van der Waals surface area contributed by atoms with Gasteiger partial charge in [0, 0.05) is 28.6 Å². The molecule has 0 spiro atoms. The molecule has 1 heterocycles. The van der Waals surface area contributed by atoms with Crippen molar-refractivity contribution in [3.63, 3.8) is 0 Å². The largest absolute Gasteiger partial charge is 0.372 e. The van der Waals surface area contributed by atoms with Crippen molar-refractivity contribution in [2.24, 2.45) is 0 Å². The molecule has 1 unspecified atom stereocenters. The predicted molar refractivity (Wildman–Crippen MR) is 72.2 cm³/mol. The van der Waals surface area contributed by atoms with Crippen molar-refractivity contribution in [1.82, 2.24) is 4.98 Å². The van der Waals surface area contributed by atoms with E-state index in [2.05, 4.69) is 51.8 Å². The summed E-state index contributed by atoms with van der Waals surface area (Å²) in [5.74, 6) is 0. The van der Waals surface area contributed by atoms with Crippen LogP contribution in [-0.2, 0) is 4.74 Å². The van der Waals surface area contributed by atoms with Crippen molar-refractivity contribution in [1.29, 1.82) is 0 Å². The van der Waals surface area contributed by atoms with Gasteiger partial charge in [-0.05, 0) is 46.4 Å². The molecule has 3 heteroatoms. The van der Waals surface area contributed by atoms with E-state index in [1.54, 1.807) is 13.3 Å². The Kier molecular flexibility index (Phi) is 3.90. The van der Waals surface area contributed by atoms with Gasteiger partial charge < -0.3 is 4.74 Å². The summed E-state index contributed by atoms with van der Waals surface area (Å²) >= 11 is 2.29. The molecule has 2 nitrogen and oxygen atoms in total. The van der Waals surface area contributed by atoms with Crippen LogP contribution in [0.4, 0.5) is 0 Å². The monoisotopic (exact) mass is 325 g/mol. The molecule has 0 bridgehead atoms. The fourth-order valence-corrected chi connectivity index (χ4v) is 1.99. The molecule has 0 aliphatic rings. The molecular weight excluding hydrogens is 313 g/mol. The van der Waals surface area contributed by atoms with Gasteiger partial charge >= 0.3 is 0 Å². The quantitative estimate of drug-likeness (QED) is 0.807. The van der Waals surface area contributed by atoms with Crippen molar-refractivity contribution in [2.45, 2.75) is 6.10 Å². The molecule has 2 rings (SSSR count).